The minimum Gasteiger partial charge on any atom is -0.466 e. The zero-order chi connectivity index (χ0) is 33.5. The zero-order valence-corrected chi connectivity index (χ0v) is 26.2. The molecule has 0 N–H and O–H groups in total. The summed E-state index contributed by atoms with van der Waals surface area (Å²) in [4.78, 5) is 55.6. The Balaban J connectivity index is 1.37. The van der Waals surface area contributed by atoms with E-state index in [2.05, 4.69) is 0 Å². The number of hydrogen-bond donors (Lipinski definition) is 0. The number of amides is 1. The highest BCUT2D eigenvalue weighted by molar-refractivity contribution is 7.98. The molecule has 1 fully saturated rings. The van der Waals surface area contributed by atoms with Crippen LogP contribution in [0.2, 0.25) is 0 Å². The summed E-state index contributed by atoms with van der Waals surface area (Å²) in [6, 6.07) is 18.3. The molecule has 0 saturated carbocycles. The van der Waals surface area contributed by atoms with Gasteiger partial charge >= 0.3 is 12.1 Å². The Morgan fingerprint density at radius 2 is 1.75 bits per heavy atom. The number of thioether (sulfide) groups is 1. The monoisotopic (exact) mass is 675 g/mol. The summed E-state index contributed by atoms with van der Waals surface area (Å²) in [6.45, 7) is 0.369. The third-order valence-electron chi connectivity index (χ3n) is 8.45. The second kappa shape index (κ2) is 12.8. The van der Waals surface area contributed by atoms with E-state index in [-0.39, 0.29) is 36.8 Å². The van der Waals surface area contributed by atoms with Gasteiger partial charge in [-0.2, -0.15) is 0 Å². The van der Waals surface area contributed by atoms with Gasteiger partial charge in [-0.3, -0.25) is 19.3 Å². The van der Waals surface area contributed by atoms with Crippen molar-refractivity contribution in [2.45, 2.75) is 29.0 Å². The van der Waals surface area contributed by atoms with Gasteiger partial charge in [0.05, 0.1) is 26.4 Å². The number of fused-ring (bicyclic) bond motifs is 4. The lowest BCUT2D eigenvalue weighted by atomic mass is 9.93. The highest BCUT2D eigenvalue weighted by Gasteiger charge is 2.47. The quantitative estimate of drug-likeness (QED) is 0.276. The van der Waals surface area contributed by atoms with Gasteiger partial charge in [0.15, 0.2) is 17.3 Å². The first-order valence-corrected chi connectivity index (χ1v) is 15.9. The zero-order valence-electron chi connectivity index (χ0n) is 25.3. The van der Waals surface area contributed by atoms with E-state index < -0.39 is 59.2 Å². The van der Waals surface area contributed by atoms with E-state index >= 15 is 4.39 Å². The Labute approximate surface area is 276 Å². The predicted octanol–water partition coefficient (Wildman–Crippen LogP) is 4.70. The molecule has 3 atom stereocenters. The van der Waals surface area contributed by atoms with Crippen molar-refractivity contribution in [1.82, 2.24) is 9.58 Å². The number of halogens is 2. The number of methoxy groups -OCH3 is 1. The van der Waals surface area contributed by atoms with Gasteiger partial charge in [0.1, 0.15) is 6.17 Å². The third-order valence-corrected chi connectivity index (χ3v) is 9.57. The van der Waals surface area contributed by atoms with Crippen LogP contribution in [0.5, 0.6) is 5.75 Å². The fourth-order valence-corrected chi connectivity index (χ4v) is 7.37. The Hall–Kier alpha value is -5.21. The van der Waals surface area contributed by atoms with Gasteiger partial charge in [-0.15, -0.1) is 11.8 Å². The van der Waals surface area contributed by atoms with E-state index in [1.165, 1.54) is 33.6 Å². The number of aromatic nitrogens is 1. The van der Waals surface area contributed by atoms with Crippen molar-refractivity contribution in [1.29, 1.82) is 0 Å². The molecule has 14 heteroatoms. The van der Waals surface area contributed by atoms with Crippen molar-refractivity contribution in [2.75, 3.05) is 31.9 Å². The second-order valence-corrected chi connectivity index (χ2v) is 12.1. The van der Waals surface area contributed by atoms with E-state index in [1.54, 1.807) is 35.3 Å². The molecule has 4 heterocycles. The molecule has 3 aromatic carbocycles. The summed E-state index contributed by atoms with van der Waals surface area (Å²) in [5.74, 6) is -3.99. The molecule has 0 spiro atoms. The molecule has 3 aliphatic rings. The van der Waals surface area contributed by atoms with Crippen LogP contribution in [-0.2, 0) is 24.8 Å². The van der Waals surface area contributed by atoms with E-state index in [0.29, 0.717) is 11.1 Å². The fourth-order valence-electron chi connectivity index (χ4n) is 6.26. The minimum atomic E-state index is -1.52. The minimum absolute atomic E-state index is 0.0538. The Morgan fingerprint density at radius 3 is 2.54 bits per heavy atom. The highest BCUT2D eigenvalue weighted by atomic mass is 32.2. The summed E-state index contributed by atoms with van der Waals surface area (Å²) in [7, 11) is 1.13. The average Bonchev–Trinajstić information content (AvgIpc) is 3.27. The molecule has 0 radical (unpaired) electrons. The molecule has 1 amide bonds. The maximum Gasteiger partial charge on any atom is 0.515 e. The van der Waals surface area contributed by atoms with Gasteiger partial charge in [-0.05, 0) is 23.3 Å². The highest BCUT2D eigenvalue weighted by Crippen LogP contribution is 2.45. The van der Waals surface area contributed by atoms with Crippen molar-refractivity contribution in [3.63, 3.8) is 0 Å². The number of nitrogens with zero attached hydrogens (tertiary/aromatic N) is 3. The molecule has 4 aromatic rings. The number of ether oxygens (including phenoxy) is 4. The van der Waals surface area contributed by atoms with Crippen LogP contribution >= 0.6 is 11.8 Å². The van der Waals surface area contributed by atoms with E-state index in [9.17, 15) is 23.6 Å². The Morgan fingerprint density at radius 1 is 0.979 bits per heavy atom. The van der Waals surface area contributed by atoms with Crippen LogP contribution in [0, 0.1) is 11.6 Å². The van der Waals surface area contributed by atoms with Crippen molar-refractivity contribution in [2.24, 2.45) is 0 Å². The number of pyridine rings is 1. The molecule has 0 unspecified atom stereocenters. The summed E-state index contributed by atoms with van der Waals surface area (Å²) >= 11 is 1.35. The van der Waals surface area contributed by atoms with Crippen molar-refractivity contribution < 1.29 is 42.1 Å². The molecule has 246 valence electrons. The number of hydrogen-bond acceptors (Lipinski definition) is 10. The molecule has 0 bridgehead atoms. The first-order valence-electron chi connectivity index (χ1n) is 14.9. The van der Waals surface area contributed by atoms with Crippen molar-refractivity contribution in [3.05, 3.63) is 129 Å². The van der Waals surface area contributed by atoms with Crippen LogP contribution in [0.1, 0.15) is 44.9 Å². The van der Waals surface area contributed by atoms with Gasteiger partial charge in [0.2, 0.25) is 17.3 Å². The first kappa shape index (κ1) is 31.4. The number of carbonyl (C=O) groups is 3. The molecule has 48 heavy (non-hydrogen) atoms. The fraction of sp³-hybridized carbons (Fsp3) is 0.235. The molecular formula is C34H27F2N3O8S. The van der Waals surface area contributed by atoms with Crippen LogP contribution in [0.25, 0.3) is 0 Å². The van der Waals surface area contributed by atoms with E-state index in [4.69, 9.17) is 18.9 Å². The number of benzene rings is 3. The van der Waals surface area contributed by atoms with Gasteiger partial charge in [-0.1, -0.05) is 54.6 Å². The summed E-state index contributed by atoms with van der Waals surface area (Å²) in [5.41, 5.74) is 0.518. The SMILES string of the molecule is COC(=O)[C@@H](OC(=O)Oc1c2n(ccc1=O)N([C@@H]1c3ccccc3SCc3c1ccc(F)c3F)[C@@H]1COCCN1C2=O)c1ccccc1. The van der Waals surface area contributed by atoms with E-state index in [1.807, 2.05) is 24.3 Å². The molecule has 7 rings (SSSR count). The lowest BCUT2D eigenvalue weighted by Crippen LogP contribution is -2.66. The van der Waals surface area contributed by atoms with Gasteiger partial charge in [0, 0.05) is 40.6 Å². The smallest absolute Gasteiger partial charge is 0.466 e. The average molecular weight is 676 g/mol. The standard InChI is InChI=1S/C34H27F2N3O8S/c1-44-33(42)30(19-7-3-2-4-8-19)46-34(43)47-31-24(40)13-14-38-29(31)32(41)37-15-16-45-17-26(37)39(38)28-20-11-12-23(35)27(36)22(20)18-48-25-10-6-5-9-21(25)28/h2-14,26,28,30H,15-18H2,1H3/t26-,28+,30+/m1/s1. The van der Waals surface area contributed by atoms with E-state index in [0.717, 1.165) is 29.7 Å². The number of esters is 1. The number of rotatable bonds is 5. The molecule has 3 aliphatic heterocycles. The van der Waals surface area contributed by atoms with Crippen LogP contribution in [0.15, 0.2) is 88.7 Å². The normalized spacial score (nSPS) is 18.8. The van der Waals surface area contributed by atoms with Gasteiger partial charge in [-0.25, -0.2) is 18.4 Å². The topological polar surface area (TPSA) is 117 Å². The molecular weight excluding hydrogens is 648 g/mol. The predicted molar refractivity (Wildman–Crippen MR) is 167 cm³/mol. The molecule has 1 aromatic heterocycles. The van der Waals surface area contributed by atoms with Crippen LogP contribution in [0.4, 0.5) is 13.6 Å². The van der Waals surface area contributed by atoms with Crippen molar-refractivity contribution >= 4 is 29.8 Å². The Kier molecular flexibility index (Phi) is 8.35. The molecule has 11 nitrogen and oxygen atoms in total. The molecule has 0 aliphatic carbocycles. The van der Waals surface area contributed by atoms with Crippen LogP contribution < -0.4 is 15.2 Å². The second-order valence-electron chi connectivity index (χ2n) is 11.1. The van der Waals surface area contributed by atoms with Crippen LogP contribution in [0.3, 0.4) is 0 Å². The summed E-state index contributed by atoms with van der Waals surface area (Å²) < 4.78 is 52.8. The van der Waals surface area contributed by atoms with Crippen LogP contribution in [-0.4, -0.2) is 60.6 Å². The molecule has 1 saturated heterocycles. The lowest BCUT2D eigenvalue weighted by Gasteiger charge is -2.51. The maximum atomic E-state index is 15.4. The van der Waals surface area contributed by atoms with Gasteiger partial charge < -0.3 is 23.8 Å². The first-order chi connectivity index (χ1) is 23.3. The van der Waals surface area contributed by atoms with Gasteiger partial charge in [0.25, 0.3) is 5.91 Å². The largest absolute Gasteiger partial charge is 0.515 e. The summed E-state index contributed by atoms with van der Waals surface area (Å²) in [5, 5.41) is 1.75. The lowest BCUT2D eigenvalue weighted by molar-refractivity contribution is -0.151. The number of carbonyl (C=O) groups excluding carboxylic acids is 3. The maximum absolute atomic E-state index is 15.4. The Bertz CT molecular complexity index is 1990. The third kappa shape index (κ3) is 5.36. The van der Waals surface area contributed by atoms with Crippen molar-refractivity contribution in [3.8, 4) is 5.75 Å². The summed E-state index contributed by atoms with van der Waals surface area (Å²) in [6.07, 6.45) is -2.34. The number of morpholine rings is 1.